The molecule has 0 saturated heterocycles. The molecule has 0 radical (unpaired) electrons. The number of pyridine rings is 1. The Morgan fingerprint density at radius 3 is 2.57 bits per heavy atom. The fourth-order valence-corrected chi connectivity index (χ4v) is 5.46. The van der Waals surface area contributed by atoms with E-state index in [0.717, 1.165) is 63.2 Å². The van der Waals surface area contributed by atoms with Crippen molar-refractivity contribution in [3.05, 3.63) is 89.9 Å². The molecule has 178 valence electrons. The molecule has 0 spiro atoms. The van der Waals surface area contributed by atoms with Crippen LogP contribution in [-0.2, 0) is 0 Å². The fraction of sp³-hybridized carbons (Fsp3) is 0.300. The molecule has 1 fully saturated rings. The zero-order valence-electron chi connectivity index (χ0n) is 21.3. The van der Waals surface area contributed by atoms with Crippen molar-refractivity contribution in [3.63, 3.8) is 0 Å². The van der Waals surface area contributed by atoms with Gasteiger partial charge in [-0.15, -0.1) is 0 Å². The molecule has 1 aliphatic rings. The first-order valence-electron chi connectivity index (χ1n) is 12.1. The lowest BCUT2D eigenvalue weighted by Crippen LogP contribution is -2.56. The van der Waals surface area contributed by atoms with E-state index >= 15 is 0 Å². The van der Waals surface area contributed by atoms with Crippen LogP contribution in [0.4, 0.5) is 0 Å². The Morgan fingerprint density at radius 1 is 1.11 bits per heavy atom. The summed E-state index contributed by atoms with van der Waals surface area (Å²) in [5.41, 5.74) is 15.3. The van der Waals surface area contributed by atoms with Crippen LogP contribution in [0.5, 0.6) is 0 Å². The van der Waals surface area contributed by atoms with Gasteiger partial charge in [-0.25, -0.2) is 9.97 Å². The second kappa shape index (κ2) is 8.28. The monoisotopic (exact) mass is 463 g/mol. The van der Waals surface area contributed by atoms with Crippen molar-refractivity contribution in [2.75, 3.05) is 0 Å². The van der Waals surface area contributed by atoms with E-state index in [9.17, 15) is 0 Å². The minimum Gasteiger partial charge on any atom is -0.321 e. The predicted octanol–water partition coefficient (Wildman–Crippen LogP) is 6.59. The smallest absolute Gasteiger partial charge is 0.165 e. The summed E-state index contributed by atoms with van der Waals surface area (Å²) in [5.74, 6) is 0. The summed E-state index contributed by atoms with van der Waals surface area (Å²) in [6.45, 7) is 14.9. The molecule has 0 bridgehead atoms. The third-order valence-electron chi connectivity index (χ3n) is 6.99. The van der Waals surface area contributed by atoms with Crippen molar-refractivity contribution in [1.29, 1.82) is 0 Å². The number of nitrogens with zero attached hydrogens (tertiary/aromatic N) is 4. The lowest BCUT2D eigenvalue weighted by Gasteiger charge is -2.51. The molecular weight excluding hydrogens is 430 g/mol. The van der Waals surface area contributed by atoms with Crippen LogP contribution in [0.1, 0.15) is 50.6 Å². The highest BCUT2D eigenvalue weighted by Crippen LogP contribution is 2.49. The van der Waals surface area contributed by atoms with E-state index in [1.54, 1.807) is 0 Å². The lowest BCUT2D eigenvalue weighted by molar-refractivity contribution is 0.0943. The summed E-state index contributed by atoms with van der Waals surface area (Å²) < 4.78 is 1.83. The Balaban J connectivity index is 1.65. The molecule has 5 nitrogen and oxygen atoms in total. The first kappa shape index (κ1) is 23.2. The molecule has 3 heterocycles. The molecule has 1 aliphatic carbocycles. The average molecular weight is 464 g/mol. The standard InChI is InChI=1S/C30H33N5/c1-7-22(12-11-20(3)30(31)17-29(5,6)18-30)27-25(23-10-8-9-19(2)13-23)15-24-16-32-26-14-21(4)34-35(26)28(24)33-27/h7-16H,3,17-18,31H2,1-2,4-6H3. The van der Waals surface area contributed by atoms with E-state index in [1.165, 1.54) is 5.56 Å². The molecule has 3 aromatic heterocycles. The quantitative estimate of drug-likeness (QED) is 0.339. The summed E-state index contributed by atoms with van der Waals surface area (Å²) in [7, 11) is 0. The number of fused-ring (bicyclic) bond motifs is 3. The number of hydrogen-bond acceptors (Lipinski definition) is 4. The van der Waals surface area contributed by atoms with E-state index in [4.69, 9.17) is 10.7 Å². The van der Waals surface area contributed by atoms with Gasteiger partial charge in [-0.2, -0.15) is 9.61 Å². The Morgan fingerprint density at radius 2 is 1.89 bits per heavy atom. The summed E-state index contributed by atoms with van der Waals surface area (Å²) in [6, 6.07) is 12.6. The van der Waals surface area contributed by atoms with E-state index < -0.39 is 0 Å². The van der Waals surface area contributed by atoms with Gasteiger partial charge >= 0.3 is 0 Å². The van der Waals surface area contributed by atoms with Gasteiger partial charge in [0, 0.05) is 28.8 Å². The molecule has 5 rings (SSSR count). The number of nitrogens with two attached hydrogens (primary N) is 1. The van der Waals surface area contributed by atoms with Crippen molar-refractivity contribution in [3.8, 4) is 11.1 Å². The van der Waals surface area contributed by atoms with Crippen LogP contribution in [0.3, 0.4) is 0 Å². The Hall–Kier alpha value is -3.57. The van der Waals surface area contributed by atoms with Gasteiger partial charge in [-0.05, 0) is 61.8 Å². The molecule has 2 N–H and O–H groups in total. The van der Waals surface area contributed by atoms with Crippen molar-refractivity contribution in [2.24, 2.45) is 11.1 Å². The third-order valence-corrected chi connectivity index (χ3v) is 6.99. The molecule has 0 amide bonds. The summed E-state index contributed by atoms with van der Waals surface area (Å²) in [4.78, 5) is 9.77. The molecule has 0 unspecified atom stereocenters. The van der Waals surface area contributed by atoms with Crippen LogP contribution in [0, 0.1) is 19.3 Å². The van der Waals surface area contributed by atoms with Crippen LogP contribution in [0.15, 0.2) is 73.0 Å². The van der Waals surface area contributed by atoms with Gasteiger partial charge < -0.3 is 5.73 Å². The van der Waals surface area contributed by atoms with E-state index in [2.05, 4.69) is 86.0 Å². The second-order valence-electron chi connectivity index (χ2n) is 10.8. The number of aromatic nitrogens is 4. The molecular formula is C30H33N5. The number of benzene rings is 1. The molecule has 0 atom stereocenters. The summed E-state index contributed by atoms with van der Waals surface area (Å²) in [6.07, 6.45) is 10.0. The van der Waals surface area contributed by atoms with Gasteiger partial charge in [0.1, 0.15) is 0 Å². The van der Waals surface area contributed by atoms with Crippen LogP contribution in [0.2, 0.25) is 0 Å². The highest BCUT2D eigenvalue weighted by molar-refractivity contribution is 5.91. The topological polar surface area (TPSA) is 69.1 Å². The van der Waals surface area contributed by atoms with Crippen LogP contribution in [0.25, 0.3) is 33.4 Å². The highest BCUT2D eigenvalue weighted by atomic mass is 15.3. The highest BCUT2D eigenvalue weighted by Gasteiger charge is 2.47. The molecule has 5 heteroatoms. The van der Waals surface area contributed by atoms with E-state index in [-0.39, 0.29) is 11.0 Å². The van der Waals surface area contributed by atoms with Crippen molar-refractivity contribution < 1.29 is 0 Å². The number of rotatable bonds is 5. The Labute approximate surface area is 207 Å². The SMILES string of the molecule is C=C(C=CC(=CC)c1nc2c(cnc3cc(C)nn32)cc1-c1cccc(C)c1)C1(N)CC(C)(C)C1. The van der Waals surface area contributed by atoms with Gasteiger partial charge in [-0.3, -0.25) is 0 Å². The van der Waals surface area contributed by atoms with Gasteiger partial charge in [-0.1, -0.05) is 68.5 Å². The van der Waals surface area contributed by atoms with Crippen LogP contribution >= 0.6 is 0 Å². The van der Waals surface area contributed by atoms with Gasteiger partial charge in [0.2, 0.25) is 0 Å². The summed E-state index contributed by atoms with van der Waals surface area (Å²) in [5, 5.41) is 5.59. The average Bonchev–Trinajstić information content (AvgIpc) is 3.18. The molecule has 4 aromatic rings. The molecule has 1 saturated carbocycles. The van der Waals surface area contributed by atoms with Crippen LogP contribution in [-0.4, -0.2) is 25.1 Å². The minimum atomic E-state index is -0.334. The molecule has 1 aromatic carbocycles. The van der Waals surface area contributed by atoms with Gasteiger partial charge in [0.25, 0.3) is 0 Å². The lowest BCUT2D eigenvalue weighted by atomic mass is 9.57. The number of hydrogen-bond donors (Lipinski definition) is 1. The zero-order valence-corrected chi connectivity index (χ0v) is 21.3. The van der Waals surface area contributed by atoms with Crippen LogP contribution < -0.4 is 5.73 Å². The van der Waals surface area contributed by atoms with Gasteiger partial charge in [0.15, 0.2) is 11.3 Å². The first-order chi connectivity index (χ1) is 16.6. The minimum absolute atomic E-state index is 0.272. The predicted molar refractivity (Wildman–Crippen MR) is 145 cm³/mol. The first-order valence-corrected chi connectivity index (χ1v) is 12.1. The van der Waals surface area contributed by atoms with E-state index in [1.807, 2.05) is 30.6 Å². The van der Waals surface area contributed by atoms with Crippen molar-refractivity contribution in [1.82, 2.24) is 19.6 Å². The number of aryl methyl sites for hydroxylation is 2. The van der Waals surface area contributed by atoms with Crippen molar-refractivity contribution in [2.45, 2.75) is 53.0 Å². The summed E-state index contributed by atoms with van der Waals surface area (Å²) >= 11 is 0. The van der Waals surface area contributed by atoms with Gasteiger partial charge in [0.05, 0.1) is 11.4 Å². The maximum absolute atomic E-state index is 6.66. The van der Waals surface area contributed by atoms with Crippen molar-refractivity contribution >= 4 is 22.3 Å². The fourth-order valence-electron chi connectivity index (χ4n) is 5.46. The molecule has 0 aliphatic heterocycles. The largest absolute Gasteiger partial charge is 0.321 e. The second-order valence-corrected chi connectivity index (χ2v) is 10.8. The van der Waals surface area contributed by atoms with E-state index in [0.29, 0.717) is 0 Å². The maximum atomic E-state index is 6.66. The zero-order chi connectivity index (χ0) is 25.0. The normalized spacial score (nSPS) is 17.3. The third kappa shape index (κ3) is 4.21. The maximum Gasteiger partial charge on any atom is 0.165 e. The Kier molecular flexibility index (Phi) is 5.48. The molecule has 35 heavy (non-hydrogen) atoms. The Bertz CT molecular complexity index is 1530. The number of allylic oxidation sites excluding steroid dienone is 3.